The third-order valence-electron chi connectivity index (χ3n) is 3.83. The lowest BCUT2D eigenvalue weighted by molar-refractivity contribution is -0.126. The maximum Gasteiger partial charge on any atom is 0.233 e. The van der Waals surface area contributed by atoms with Gasteiger partial charge in [-0.3, -0.25) is 14.5 Å². The van der Waals surface area contributed by atoms with E-state index in [1.165, 1.54) is 0 Å². The molecule has 0 atom stereocenters. The Morgan fingerprint density at radius 2 is 1.88 bits per heavy atom. The predicted octanol–water partition coefficient (Wildman–Crippen LogP) is 0.192. The van der Waals surface area contributed by atoms with E-state index in [9.17, 15) is 9.59 Å². The quantitative estimate of drug-likeness (QED) is 0.722. The van der Waals surface area contributed by atoms with Crippen LogP contribution < -0.4 is 20.1 Å². The molecule has 3 rings (SSSR count). The number of nitrogens with zero attached hydrogens (tertiary/aromatic N) is 1. The molecule has 2 amide bonds. The van der Waals surface area contributed by atoms with Gasteiger partial charge in [0.25, 0.3) is 0 Å². The highest BCUT2D eigenvalue weighted by Gasteiger charge is 2.15. The molecule has 2 aliphatic rings. The number of anilines is 1. The van der Waals surface area contributed by atoms with Crippen molar-refractivity contribution in [2.24, 2.45) is 0 Å². The molecular weight excluding hydrogens is 314 g/mol. The molecule has 0 aromatic heterocycles. The molecule has 0 unspecified atom stereocenters. The third kappa shape index (κ3) is 4.59. The number of hydrogen-bond acceptors (Lipinski definition) is 6. The van der Waals surface area contributed by atoms with Crippen molar-refractivity contribution in [1.82, 2.24) is 10.2 Å². The highest BCUT2D eigenvalue weighted by molar-refractivity contribution is 6.03. The number of amides is 2. The van der Waals surface area contributed by atoms with E-state index >= 15 is 0 Å². The van der Waals surface area contributed by atoms with E-state index < -0.39 is 0 Å². The van der Waals surface area contributed by atoms with Gasteiger partial charge in [0.1, 0.15) is 6.42 Å². The number of fused-ring (bicyclic) bond motifs is 1. The molecule has 1 aromatic rings. The van der Waals surface area contributed by atoms with Gasteiger partial charge in [-0.05, 0) is 12.1 Å². The molecule has 2 heterocycles. The van der Waals surface area contributed by atoms with Gasteiger partial charge in [0, 0.05) is 37.9 Å². The van der Waals surface area contributed by atoms with Crippen LogP contribution in [0.1, 0.15) is 6.42 Å². The number of morpholine rings is 1. The molecule has 2 N–H and O–H groups in total. The number of carbonyl (C=O) groups is 2. The standard InChI is InChI=1S/C16H21N3O5/c20-15(17-3-4-19-5-7-22-8-6-19)10-16(21)18-12-1-2-13-14(9-12)24-11-23-13/h1-2,9H,3-8,10-11H2,(H,17,20)(H,18,21). The Balaban J connectivity index is 1.37. The highest BCUT2D eigenvalue weighted by Crippen LogP contribution is 2.34. The van der Waals surface area contributed by atoms with Gasteiger partial charge < -0.3 is 24.8 Å². The second-order valence-corrected chi connectivity index (χ2v) is 5.60. The lowest BCUT2D eigenvalue weighted by Gasteiger charge is -2.26. The average Bonchev–Trinajstić information content (AvgIpc) is 3.03. The summed E-state index contributed by atoms with van der Waals surface area (Å²) in [5, 5.41) is 5.44. The molecule has 130 valence electrons. The number of benzene rings is 1. The minimum Gasteiger partial charge on any atom is -0.454 e. The fraction of sp³-hybridized carbons (Fsp3) is 0.500. The number of carbonyl (C=O) groups excluding carboxylic acids is 2. The Labute approximate surface area is 140 Å². The SMILES string of the molecule is O=C(CC(=O)Nc1ccc2c(c1)OCO2)NCCN1CCOCC1. The van der Waals surface area contributed by atoms with E-state index in [0.717, 1.165) is 32.8 Å². The molecule has 0 bridgehead atoms. The first-order valence-corrected chi connectivity index (χ1v) is 7.97. The zero-order valence-electron chi connectivity index (χ0n) is 13.4. The molecular formula is C16H21N3O5. The summed E-state index contributed by atoms with van der Waals surface area (Å²) in [5.41, 5.74) is 0.574. The van der Waals surface area contributed by atoms with Crippen molar-refractivity contribution >= 4 is 17.5 Å². The van der Waals surface area contributed by atoms with Gasteiger partial charge in [-0.1, -0.05) is 0 Å². The minimum absolute atomic E-state index is 0.179. The van der Waals surface area contributed by atoms with E-state index in [0.29, 0.717) is 23.7 Å². The van der Waals surface area contributed by atoms with Crippen LogP contribution in [-0.4, -0.2) is 62.9 Å². The summed E-state index contributed by atoms with van der Waals surface area (Å²) in [6.45, 7) is 4.67. The zero-order chi connectivity index (χ0) is 16.8. The summed E-state index contributed by atoms with van der Waals surface area (Å²) >= 11 is 0. The first-order chi connectivity index (χ1) is 11.7. The lowest BCUT2D eigenvalue weighted by Crippen LogP contribution is -2.41. The summed E-state index contributed by atoms with van der Waals surface area (Å²) in [4.78, 5) is 25.9. The molecule has 0 radical (unpaired) electrons. The zero-order valence-corrected chi connectivity index (χ0v) is 13.4. The molecule has 24 heavy (non-hydrogen) atoms. The Morgan fingerprint density at radius 1 is 1.08 bits per heavy atom. The van der Waals surface area contributed by atoms with Crippen LogP contribution in [0.2, 0.25) is 0 Å². The maximum atomic E-state index is 11.9. The Bertz CT molecular complexity index is 601. The average molecular weight is 335 g/mol. The monoisotopic (exact) mass is 335 g/mol. The molecule has 1 aromatic carbocycles. The van der Waals surface area contributed by atoms with Gasteiger partial charge in [0.2, 0.25) is 18.6 Å². The van der Waals surface area contributed by atoms with Crippen molar-refractivity contribution in [3.63, 3.8) is 0 Å². The number of ether oxygens (including phenoxy) is 3. The molecule has 0 aliphatic carbocycles. The lowest BCUT2D eigenvalue weighted by atomic mass is 10.2. The molecule has 8 heteroatoms. The van der Waals surface area contributed by atoms with Gasteiger partial charge in [-0.2, -0.15) is 0 Å². The topological polar surface area (TPSA) is 89.1 Å². The normalized spacial score (nSPS) is 16.7. The molecule has 1 fully saturated rings. The third-order valence-corrected chi connectivity index (χ3v) is 3.83. The van der Waals surface area contributed by atoms with Crippen molar-refractivity contribution in [3.05, 3.63) is 18.2 Å². The van der Waals surface area contributed by atoms with Crippen LogP contribution in [0.4, 0.5) is 5.69 Å². The van der Waals surface area contributed by atoms with Crippen molar-refractivity contribution in [2.75, 3.05) is 51.5 Å². The van der Waals surface area contributed by atoms with Gasteiger partial charge in [-0.15, -0.1) is 0 Å². The predicted molar refractivity (Wildman–Crippen MR) is 86.1 cm³/mol. The number of nitrogens with one attached hydrogen (secondary N) is 2. The van der Waals surface area contributed by atoms with Crippen LogP contribution >= 0.6 is 0 Å². The molecule has 1 saturated heterocycles. The van der Waals surface area contributed by atoms with Crippen molar-refractivity contribution in [2.45, 2.75) is 6.42 Å². The summed E-state index contributed by atoms with van der Waals surface area (Å²) < 4.78 is 15.7. The van der Waals surface area contributed by atoms with Gasteiger partial charge in [0.05, 0.1) is 13.2 Å². The van der Waals surface area contributed by atoms with Crippen molar-refractivity contribution in [1.29, 1.82) is 0 Å². The highest BCUT2D eigenvalue weighted by atomic mass is 16.7. The first kappa shape index (κ1) is 16.5. The van der Waals surface area contributed by atoms with E-state index in [4.69, 9.17) is 14.2 Å². The van der Waals surface area contributed by atoms with Gasteiger partial charge in [-0.25, -0.2) is 0 Å². The van der Waals surface area contributed by atoms with Crippen LogP contribution in [0.25, 0.3) is 0 Å². The van der Waals surface area contributed by atoms with Crippen molar-refractivity contribution < 1.29 is 23.8 Å². The summed E-state index contributed by atoms with van der Waals surface area (Å²) in [6, 6.07) is 5.11. The van der Waals surface area contributed by atoms with E-state index in [1.807, 2.05) is 0 Å². The smallest absolute Gasteiger partial charge is 0.233 e. The summed E-state index contributed by atoms with van der Waals surface area (Å²) in [5.74, 6) is 0.579. The minimum atomic E-state index is -0.363. The summed E-state index contributed by atoms with van der Waals surface area (Å²) in [7, 11) is 0. The Morgan fingerprint density at radius 3 is 2.71 bits per heavy atom. The Hall–Kier alpha value is -2.32. The summed E-state index contributed by atoms with van der Waals surface area (Å²) in [6.07, 6.45) is -0.211. The first-order valence-electron chi connectivity index (χ1n) is 7.97. The fourth-order valence-electron chi connectivity index (χ4n) is 2.57. The van der Waals surface area contributed by atoms with Crippen molar-refractivity contribution in [3.8, 4) is 11.5 Å². The number of hydrogen-bond donors (Lipinski definition) is 2. The van der Waals surface area contributed by atoms with E-state index in [2.05, 4.69) is 15.5 Å². The van der Waals surface area contributed by atoms with E-state index in [1.54, 1.807) is 18.2 Å². The molecule has 2 aliphatic heterocycles. The van der Waals surface area contributed by atoms with Gasteiger partial charge in [0.15, 0.2) is 11.5 Å². The second kappa shape index (κ2) is 7.98. The fourth-order valence-corrected chi connectivity index (χ4v) is 2.57. The van der Waals surface area contributed by atoms with Gasteiger partial charge >= 0.3 is 0 Å². The Kier molecular flexibility index (Phi) is 5.50. The van der Waals surface area contributed by atoms with Crippen LogP contribution in [0.15, 0.2) is 18.2 Å². The van der Waals surface area contributed by atoms with Crippen LogP contribution in [0.5, 0.6) is 11.5 Å². The maximum absolute atomic E-state index is 11.9. The van der Waals surface area contributed by atoms with Crippen LogP contribution in [0, 0.1) is 0 Å². The van der Waals surface area contributed by atoms with E-state index in [-0.39, 0.29) is 25.0 Å². The molecule has 0 saturated carbocycles. The van der Waals surface area contributed by atoms with Crippen LogP contribution in [0.3, 0.4) is 0 Å². The largest absolute Gasteiger partial charge is 0.454 e. The molecule has 0 spiro atoms. The second-order valence-electron chi connectivity index (χ2n) is 5.60. The molecule has 8 nitrogen and oxygen atoms in total. The van der Waals surface area contributed by atoms with Crippen LogP contribution in [-0.2, 0) is 14.3 Å². The number of rotatable bonds is 6.